The van der Waals surface area contributed by atoms with E-state index in [0.717, 1.165) is 34.4 Å². The predicted octanol–water partition coefficient (Wildman–Crippen LogP) is 4.77. The van der Waals surface area contributed by atoms with E-state index in [1.165, 1.54) is 0 Å². The summed E-state index contributed by atoms with van der Waals surface area (Å²) < 4.78 is 2.14. The van der Waals surface area contributed by atoms with E-state index in [1.807, 2.05) is 18.2 Å². The highest BCUT2D eigenvalue weighted by Gasteiger charge is 2.21. The smallest absolute Gasteiger partial charge is 0.253 e. The minimum atomic E-state index is -0.0326. The molecule has 1 atom stereocenters. The number of para-hydroxylation sites is 1. The molecule has 4 nitrogen and oxygen atoms in total. The molecule has 0 saturated heterocycles. The molecule has 134 valence electrons. The van der Waals surface area contributed by atoms with Gasteiger partial charge in [0.1, 0.15) is 5.82 Å². The van der Waals surface area contributed by atoms with Gasteiger partial charge in [0.05, 0.1) is 22.0 Å². The summed E-state index contributed by atoms with van der Waals surface area (Å²) in [6.07, 6.45) is 0.955. The highest BCUT2D eigenvalue weighted by Crippen LogP contribution is 2.31. The molecule has 26 heavy (non-hydrogen) atoms. The summed E-state index contributed by atoms with van der Waals surface area (Å²) in [5.74, 6) is 1.42. The van der Waals surface area contributed by atoms with E-state index in [0.29, 0.717) is 24.6 Å². The minimum Gasteiger partial charge on any atom is -0.350 e. The molecule has 1 amide bonds. The topological polar surface area (TPSA) is 46.9 Å². The fraction of sp³-hybridized carbons (Fsp3) is 0.333. The summed E-state index contributed by atoms with van der Waals surface area (Å²) in [4.78, 5) is 17.1. The maximum absolute atomic E-state index is 12.3. The van der Waals surface area contributed by atoms with Crippen LogP contribution in [0.3, 0.4) is 0 Å². The molecule has 0 radical (unpaired) electrons. The average Bonchev–Trinajstić information content (AvgIpc) is 2.90. The lowest BCUT2D eigenvalue weighted by Gasteiger charge is -2.13. The van der Waals surface area contributed by atoms with Gasteiger partial charge in [0.25, 0.3) is 5.91 Å². The number of benzene rings is 2. The number of carbonyl (C=O) groups is 1. The number of nitrogens with one attached hydrogen (secondary N) is 1. The summed E-state index contributed by atoms with van der Waals surface area (Å²) in [5, 5.41) is 2.98. The number of aromatic nitrogens is 2. The molecule has 0 fully saturated rings. The molecule has 0 spiro atoms. The van der Waals surface area contributed by atoms with Crippen LogP contribution in [0.4, 0.5) is 0 Å². The Morgan fingerprint density at radius 3 is 2.69 bits per heavy atom. The fourth-order valence-electron chi connectivity index (χ4n) is 3.57. The van der Waals surface area contributed by atoms with Crippen molar-refractivity contribution in [3.8, 4) is 11.4 Å². The molecule has 1 N–H and O–H groups in total. The van der Waals surface area contributed by atoms with Crippen LogP contribution in [-0.2, 0) is 6.54 Å². The van der Waals surface area contributed by atoms with E-state index in [1.54, 1.807) is 0 Å². The SMILES string of the molecule is CC(C)CC(Cl)c1ccc(-c2nc3cccc4c3n2CCNC4=O)cc1. The van der Waals surface area contributed by atoms with Crippen molar-refractivity contribution in [3.63, 3.8) is 0 Å². The Hall–Kier alpha value is -2.33. The second kappa shape index (κ2) is 6.76. The minimum absolute atomic E-state index is 0.0263. The molecule has 1 aromatic heterocycles. The molecule has 2 heterocycles. The zero-order valence-electron chi connectivity index (χ0n) is 15.0. The predicted molar refractivity (Wildman–Crippen MR) is 106 cm³/mol. The number of carbonyl (C=O) groups excluding carboxylic acids is 1. The van der Waals surface area contributed by atoms with E-state index in [2.05, 4.69) is 48.0 Å². The van der Waals surface area contributed by atoms with Gasteiger partial charge in [-0.15, -0.1) is 11.6 Å². The number of imidazole rings is 1. The number of nitrogens with zero attached hydrogens (tertiary/aromatic N) is 2. The number of hydrogen-bond donors (Lipinski definition) is 1. The number of halogens is 1. The zero-order chi connectivity index (χ0) is 18.3. The third-order valence-corrected chi connectivity index (χ3v) is 5.27. The number of alkyl halides is 1. The first kappa shape index (κ1) is 17.1. The normalized spacial score (nSPS) is 15.2. The summed E-state index contributed by atoms with van der Waals surface area (Å²) >= 11 is 6.52. The molecule has 1 unspecified atom stereocenters. The number of rotatable bonds is 4. The molecular weight excluding hydrogens is 346 g/mol. The van der Waals surface area contributed by atoms with Crippen LogP contribution >= 0.6 is 11.6 Å². The molecule has 2 aromatic carbocycles. The third kappa shape index (κ3) is 2.99. The van der Waals surface area contributed by atoms with Crippen LogP contribution in [0, 0.1) is 5.92 Å². The van der Waals surface area contributed by atoms with Crippen molar-refractivity contribution in [1.82, 2.24) is 14.9 Å². The van der Waals surface area contributed by atoms with Crippen LogP contribution in [-0.4, -0.2) is 22.0 Å². The van der Waals surface area contributed by atoms with Crippen LogP contribution in [0.1, 0.15) is 41.6 Å². The van der Waals surface area contributed by atoms with E-state index in [-0.39, 0.29) is 11.3 Å². The van der Waals surface area contributed by atoms with E-state index < -0.39 is 0 Å². The summed E-state index contributed by atoms with van der Waals surface area (Å²) in [6.45, 7) is 5.67. The Kier molecular flexibility index (Phi) is 4.45. The Morgan fingerprint density at radius 1 is 1.19 bits per heavy atom. The summed E-state index contributed by atoms with van der Waals surface area (Å²) in [5.41, 5.74) is 4.63. The maximum atomic E-state index is 12.3. The van der Waals surface area contributed by atoms with Gasteiger partial charge in [0, 0.05) is 18.7 Å². The van der Waals surface area contributed by atoms with Gasteiger partial charge in [-0.2, -0.15) is 0 Å². The maximum Gasteiger partial charge on any atom is 0.253 e. The Balaban J connectivity index is 1.76. The van der Waals surface area contributed by atoms with Crippen LogP contribution in [0.5, 0.6) is 0 Å². The first-order chi connectivity index (χ1) is 12.5. The van der Waals surface area contributed by atoms with Gasteiger partial charge in [0.2, 0.25) is 0 Å². The zero-order valence-corrected chi connectivity index (χ0v) is 15.8. The fourth-order valence-corrected chi connectivity index (χ4v) is 4.08. The van der Waals surface area contributed by atoms with Gasteiger partial charge in [-0.1, -0.05) is 44.2 Å². The molecule has 0 saturated carbocycles. The molecular formula is C21H22ClN3O. The van der Waals surface area contributed by atoms with Gasteiger partial charge in [-0.05, 0) is 30.0 Å². The van der Waals surface area contributed by atoms with Gasteiger partial charge < -0.3 is 9.88 Å². The molecule has 0 bridgehead atoms. The lowest BCUT2D eigenvalue weighted by molar-refractivity contribution is 0.0956. The molecule has 4 rings (SSSR count). The highest BCUT2D eigenvalue weighted by molar-refractivity contribution is 6.20. The largest absolute Gasteiger partial charge is 0.350 e. The van der Waals surface area contributed by atoms with Crippen molar-refractivity contribution in [1.29, 1.82) is 0 Å². The quantitative estimate of drug-likeness (QED) is 0.675. The average molecular weight is 368 g/mol. The van der Waals surface area contributed by atoms with Crippen molar-refractivity contribution in [3.05, 3.63) is 53.6 Å². The number of amides is 1. The van der Waals surface area contributed by atoms with Gasteiger partial charge in [-0.3, -0.25) is 4.79 Å². The molecule has 1 aliphatic rings. The van der Waals surface area contributed by atoms with Crippen LogP contribution in [0.15, 0.2) is 42.5 Å². The first-order valence-corrected chi connectivity index (χ1v) is 9.50. The van der Waals surface area contributed by atoms with E-state index >= 15 is 0 Å². The van der Waals surface area contributed by atoms with Gasteiger partial charge in [-0.25, -0.2) is 4.98 Å². The van der Waals surface area contributed by atoms with Crippen LogP contribution in [0.2, 0.25) is 0 Å². The first-order valence-electron chi connectivity index (χ1n) is 9.06. The second-order valence-electron chi connectivity index (χ2n) is 7.24. The Morgan fingerprint density at radius 2 is 1.96 bits per heavy atom. The molecule has 3 aromatic rings. The van der Waals surface area contributed by atoms with E-state index in [9.17, 15) is 4.79 Å². The second-order valence-corrected chi connectivity index (χ2v) is 7.76. The van der Waals surface area contributed by atoms with Crippen LogP contribution < -0.4 is 5.32 Å². The Labute approximate surface area is 158 Å². The van der Waals surface area contributed by atoms with Crippen molar-refractivity contribution in [2.45, 2.75) is 32.2 Å². The van der Waals surface area contributed by atoms with Crippen molar-refractivity contribution >= 4 is 28.5 Å². The van der Waals surface area contributed by atoms with Crippen molar-refractivity contribution in [2.24, 2.45) is 5.92 Å². The van der Waals surface area contributed by atoms with Crippen molar-refractivity contribution in [2.75, 3.05) is 6.54 Å². The standard InChI is InChI=1S/C21H22ClN3O/c1-13(2)12-17(22)14-6-8-15(9-7-14)20-24-18-5-3-4-16-19(18)25(20)11-10-23-21(16)26/h3-9,13,17H,10-12H2,1-2H3,(H,23,26). The summed E-state index contributed by atoms with van der Waals surface area (Å²) in [6, 6.07) is 14.0. The van der Waals surface area contributed by atoms with Crippen LogP contribution in [0.25, 0.3) is 22.4 Å². The lowest BCUT2D eigenvalue weighted by atomic mass is 10.0. The molecule has 5 heteroatoms. The monoisotopic (exact) mass is 367 g/mol. The molecule has 0 aliphatic carbocycles. The van der Waals surface area contributed by atoms with Gasteiger partial charge in [0.15, 0.2) is 0 Å². The molecule has 1 aliphatic heterocycles. The third-order valence-electron chi connectivity index (χ3n) is 4.84. The highest BCUT2D eigenvalue weighted by atomic mass is 35.5. The van der Waals surface area contributed by atoms with Gasteiger partial charge >= 0.3 is 0 Å². The van der Waals surface area contributed by atoms with E-state index in [4.69, 9.17) is 16.6 Å². The summed E-state index contributed by atoms with van der Waals surface area (Å²) in [7, 11) is 0. The van der Waals surface area contributed by atoms with Crippen molar-refractivity contribution < 1.29 is 4.79 Å². The Bertz CT molecular complexity index is 959. The lowest BCUT2D eigenvalue weighted by Crippen LogP contribution is -2.24. The number of hydrogen-bond acceptors (Lipinski definition) is 2.